The lowest BCUT2D eigenvalue weighted by Crippen LogP contribution is -2.40. The second-order valence-corrected chi connectivity index (χ2v) is 7.43. The monoisotopic (exact) mass is 351 g/mol. The minimum absolute atomic E-state index is 0.103. The Hall–Kier alpha value is -1.42. The first-order chi connectivity index (χ1) is 11.5. The summed E-state index contributed by atoms with van der Waals surface area (Å²) in [4.78, 5) is 12.6. The second kappa shape index (κ2) is 7.22. The topological polar surface area (TPSA) is 47.6 Å². The first-order valence-electron chi connectivity index (χ1n) is 8.84. The number of hydrogen-bond acceptors (Lipinski definition) is 3. The molecule has 0 aliphatic heterocycles. The third-order valence-corrected chi connectivity index (χ3v) is 5.85. The minimum Gasteiger partial charge on any atom is -0.493 e. The van der Waals surface area contributed by atoms with E-state index in [1.54, 1.807) is 19.2 Å². The predicted octanol–water partition coefficient (Wildman–Crippen LogP) is 4.30. The molecule has 5 heteroatoms. The molecule has 2 saturated carbocycles. The maximum absolute atomic E-state index is 12.6. The molecule has 1 aromatic rings. The number of halogens is 1. The quantitative estimate of drug-likeness (QED) is 0.831. The Kier molecular flexibility index (Phi) is 5.24. The Labute approximate surface area is 148 Å². The Balaban J connectivity index is 1.71. The standard InChI is InChI=1S/C19H26ClNO3/c1-4-24-18-16(20)9-14(10-17(18)23-3)19(22)21-11(2)15-8-12-5-6-13(15)7-12/h9-13,15H,4-8H2,1-3H3,(H,21,22). The predicted molar refractivity (Wildman–Crippen MR) is 95.0 cm³/mol. The summed E-state index contributed by atoms with van der Waals surface area (Å²) in [5.41, 5.74) is 0.510. The van der Waals surface area contributed by atoms with Gasteiger partial charge in [0.25, 0.3) is 5.91 Å². The zero-order chi connectivity index (χ0) is 17.3. The summed E-state index contributed by atoms with van der Waals surface area (Å²) in [5.74, 6) is 3.13. The highest BCUT2D eigenvalue weighted by molar-refractivity contribution is 6.32. The van der Waals surface area contributed by atoms with E-state index in [9.17, 15) is 4.79 Å². The summed E-state index contributed by atoms with van der Waals surface area (Å²) in [6, 6.07) is 3.53. The number of carbonyl (C=O) groups is 1. The van der Waals surface area contributed by atoms with Crippen LogP contribution in [0.4, 0.5) is 0 Å². The van der Waals surface area contributed by atoms with Gasteiger partial charge in [0.15, 0.2) is 11.5 Å². The lowest BCUT2D eigenvalue weighted by molar-refractivity contribution is 0.0915. The molecular formula is C19H26ClNO3. The van der Waals surface area contributed by atoms with Gasteiger partial charge >= 0.3 is 0 Å². The van der Waals surface area contributed by atoms with Crippen molar-refractivity contribution in [3.05, 3.63) is 22.7 Å². The molecule has 24 heavy (non-hydrogen) atoms. The van der Waals surface area contributed by atoms with Crippen molar-refractivity contribution in [3.8, 4) is 11.5 Å². The molecule has 1 N–H and O–H groups in total. The van der Waals surface area contributed by atoms with Crippen molar-refractivity contribution in [3.63, 3.8) is 0 Å². The maximum atomic E-state index is 12.6. The van der Waals surface area contributed by atoms with Crippen LogP contribution >= 0.6 is 11.6 Å². The molecule has 2 bridgehead atoms. The van der Waals surface area contributed by atoms with E-state index in [-0.39, 0.29) is 11.9 Å². The highest BCUT2D eigenvalue weighted by Crippen LogP contribution is 2.49. The fraction of sp³-hybridized carbons (Fsp3) is 0.632. The molecule has 4 atom stereocenters. The van der Waals surface area contributed by atoms with Gasteiger partial charge in [0.1, 0.15) is 0 Å². The molecule has 0 saturated heterocycles. The molecule has 0 radical (unpaired) electrons. The summed E-state index contributed by atoms with van der Waals surface area (Å²) in [6.45, 7) is 4.49. The van der Waals surface area contributed by atoms with Crippen LogP contribution in [0.25, 0.3) is 0 Å². The Morgan fingerprint density at radius 3 is 2.75 bits per heavy atom. The molecule has 4 unspecified atom stereocenters. The third kappa shape index (κ3) is 3.34. The molecule has 0 aromatic heterocycles. The average Bonchev–Trinajstić information content (AvgIpc) is 3.19. The van der Waals surface area contributed by atoms with Crippen LogP contribution < -0.4 is 14.8 Å². The summed E-state index contributed by atoms with van der Waals surface area (Å²) in [5, 5.41) is 3.56. The van der Waals surface area contributed by atoms with Crippen molar-refractivity contribution in [1.29, 1.82) is 0 Å². The molecule has 2 fully saturated rings. The minimum atomic E-state index is -0.103. The number of fused-ring (bicyclic) bond motifs is 2. The zero-order valence-corrected chi connectivity index (χ0v) is 15.4. The van der Waals surface area contributed by atoms with Crippen LogP contribution in [-0.4, -0.2) is 25.7 Å². The Morgan fingerprint density at radius 1 is 1.38 bits per heavy atom. The van der Waals surface area contributed by atoms with E-state index in [0.717, 1.165) is 11.8 Å². The second-order valence-electron chi connectivity index (χ2n) is 7.02. The number of nitrogens with one attached hydrogen (secondary N) is 1. The van der Waals surface area contributed by atoms with Crippen LogP contribution in [0.2, 0.25) is 5.02 Å². The van der Waals surface area contributed by atoms with E-state index < -0.39 is 0 Å². The molecule has 1 aromatic carbocycles. The van der Waals surface area contributed by atoms with Crippen LogP contribution in [0.15, 0.2) is 12.1 Å². The van der Waals surface area contributed by atoms with E-state index in [4.69, 9.17) is 21.1 Å². The summed E-state index contributed by atoms with van der Waals surface area (Å²) >= 11 is 6.27. The fourth-order valence-corrected chi connectivity index (χ4v) is 4.70. The van der Waals surface area contributed by atoms with Crippen LogP contribution in [0, 0.1) is 17.8 Å². The Morgan fingerprint density at radius 2 is 2.17 bits per heavy atom. The van der Waals surface area contributed by atoms with E-state index in [0.29, 0.717) is 34.6 Å². The molecule has 2 aliphatic carbocycles. The summed E-state index contributed by atoms with van der Waals surface area (Å²) in [6.07, 6.45) is 5.28. The van der Waals surface area contributed by atoms with E-state index in [1.165, 1.54) is 25.7 Å². The highest BCUT2D eigenvalue weighted by Gasteiger charge is 2.42. The zero-order valence-electron chi connectivity index (χ0n) is 14.6. The first kappa shape index (κ1) is 17.4. The largest absolute Gasteiger partial charge is 0.493 e. The van der Waals surface area contributed by atoms with Crippen molar-refractivity contribution < 1.29 is 14.3 Å². The van der Waals surface area contributed by atoms with E-state index in [2.05, 4.69) is 12.2 Å². The molecule has 0 spiro atoms. The van der Waals surface area contributed by atoms with Gasteiger partial charge in [-0.1, -0.05) is 18.0 Å². The fourth-order valence-electron chi connectivity index (χ4n) is 4.44. The number of rotatable bonds is 6. The SMILES string of the molecule is CCOc1c(Cl)cc(C(=O)NC(C)C2CC3CCC2C3)cc1OC. The van der Waals surface area contributed by atoms with E-state index in [1.807, 2.05) is 6.92 Å². The van der Waals surface area contributed by atoms with Gasteiger partial charge in [-0.15, -0.1) is 0 Å². The van der Waals surface area contributed by atoms with Crippen LogP contribution in [0.5, 0.6) is 11.5 Å². The van der Waals surface area contributed by atoms with Gasteiger partial charge in [0, 0.05) is 11.6 Å². The van der Waals surface area contributed by atoms with Gasteiger partial charge < -0.3 is 14.8 Å². The Bertz CT molecular complexity index is 619. The van der Waals surface area contributed by atoms with Crippen molar-refractivity contribution in [2.45, 2.75) is 45.6 Å². The molecule has 132 valence electrons. The molecule has 2 aliphatic rings. The van der Waals surface area contributed by atoms with Crippen LogP contribution in [0.1, 0.15) is 49.9 Å². The lowest BCUT2D eigenvalue weighted by Gasteiger charge is -2.28. The average molecular weight is 352 g/mol. The maximum Gasteiger partial charge on any atom is 0.251 e. The number of hydrogen-bond donors (Lipinski definition) is 1. The normalized spacial score (nSPS) is 26.2. The molecule has 1 amide bonds. The highest BCUT2D eigenvalue weighted by atomic mass is 35.5. The molecule has 0 heterocycles. The van der Waals surface area contributed by atoms with Gasteiger partial charge in [-0.25, -0.2) is 0 Å². The van der Waals surface area contributed by atoms with Crippen molar-refractivity contribution in [2.75, 3.05) is 13.7 Å². The number of amides is 1. The number of ether oxygens (including phenoxy) is 2. The van der Waals surface area contributed by atoms with Gasteiger partial charge in [-0.3, -0.25) is 4.79 Å². The van der Waals surface area contributed by atoms with Crippen molar-refractivity contribution in [1.82, 2.24) is 5.32 Å². The number of carbonyl (C=O) groups excluding carboxylic acids is 1. The third-order valence-electron chi connectivity index (χ3n) is 5.57. The van der Waals surface area contributed by atoms with Crippen molar-refractivity contribution in [2.24, 2.45) is 17.8 Å². The molecule has 4 nitrogen and oxygen atoms in total. The smallest absolute Gasteiger partial charge is 0.251 e. The van der Waals surface area contributed by atoms with Gasteiger partial charge in [-0.05, 0) is 63.0 Å². The number of benzene rings is 1. The van der Waals surface area contributed by atoms with Crippen LogP contribution in [0.3, 0.4) is 0 Å². The molecule has 3 rings (SSSR count). The van der Waals surface area contributed by atoms with Gasteiger partial charge in [0.05, 0.1) is 18.7 Å². The molecular weight excluding hydrogens is 326 g/mol. The first-order valence-corrected chi connectivity index (χ1v) is 9.22. The van der Waals surface area contributed by atoms with Crippen LogP contribution in [-0.2, 0) is 0 Å². The summed E-state index contributed by atoms with van der Waals surface area (Å²) < 4.78 is 10.8. The summed E-state index contributed by atoms with van der Waals surface area (Å²) in [7, 11) is 1.55. The van der Waals surface area contributed by atoms with E-state index >= 15 is 0 Å². The number of methoxy groups -OCH3 is 1. The lowest BCUT2D eigenvalue weighted by atomic mass is 9.84. The van der Waals surface area contributed by atoms with Crippen molar-refractivity contribution >= 4 is 17.5 Å². The van der Waals surface area contributed by atoms with Gasteiger partial charge in [0.2, 0.25) is 0 Å². The van der Waals surface area contributed by atoms with Gasteiger partial charge in [-0.2, -0.15) is 0 Å².